The van der Waals surface area contributed by atoms with Gasteiger partial charge in [-0.05, 0) is 6.07 Å². The minimum Gasteiger partial charge on any atom is -0.464 e. The Hall–Kier alpha value is -1.46. The van der Waals surface area contributed by atoms with E-state index in [0.29, 0.717) is 10.5 Å². The first kappa shape index (κ1) is 10.1. The second kappa shape index (κ2) is 3.96. The number of thiazole rings is 1. The minimum atomic E-state index is -0.444. The molecule has 1 N–H and O–H groups in total. The number of carbonyl (C=O) groups excluding carboxylic acids is 1. The minimum absolute atomic E-state index is 0.0817. The highest BCUT2D eigenvalue weighted by Gasteiger charge is 2.13. The molecule has 0 radical (unpaired) electrons. The van der Waals surface area contributed by atoms with Crippen molar-refractivity contribution in [1.82, 2.24) is 4.98 Å². The van der Waals surface area contributed by atoms with E-state index in [0.717, 1.165) is 10.3 Å². The van der Waals surface area contributed by atoms with Gasteiger partial charge < -0.3 is 9.84 Å². The Bertz CT molecular complexity index is 506. The Morgan fingerprint density at radius 3 is 3.07 bits per heavy atom. The fraction of sp³-hybridized carbons (Fsp3) is 0.200. The molecule has 0 atom stereocenters. The second-order valence-electron chi connectivity index (χ2n) is 2.93. The van der Waals surface area contributed by atoms with E-state index in [4.69, 9.17) is 5.11 Å². The van der Waals surface area contributed by atoms with Crippen LogP contribution in [0.15, 0.2) is 18.2 Å². The van der Waals surface area contributed by atoms with E-state index in [1.165, 1.54) is 18.4 Å². The van der Waals surface area contributed by atoms with E-state index in [-0.39, 0.29) is 6.61 Å². The molecule has 2 rings (SSSR count). The first-order valence-electron chi connectivity index (χ1n) is 4.34. The molecular weight excluding hydrogens is 214 g/mol. The number of fused-ring (bicyclic) bond motifs is 1. The van der Waals surface area contributed by atoms with Crippen molar-refractivity contribution >= 4 is 27.5 Å². The number of carbonyl (C=O) groups is 1. The zero-order valence-electron chi connectivity index (χ0n) is 8.06. The van der Waals surface area contributed by atoms with E-state index in [1.807, 2.05) is 12.1 Å². The summed E-state index contributed by atoms with van der Waals surface area (Å²) in [6, 6.07) is 5.47. The molecule has 0 amide bonds. The smallest absolute Gasteiger partial charge is 0.367 e. The Balaban J connectivity index is 2.60. The highest BCUT2D eigenvalue weighted by molar-refractivity contribution is 7.20. The summed E-state index contributed by atoms with van der Waals surface area (Å²) in [7, 11) is 1.32. The third kappa shape index (κ3) is 1.71. The van der Waals surface area contributed by atoms with Gasteiger partial charge in [0.05, 0.1) is 23.9 Å². The van der Waals surface area contributed by atoms with E-state index >= 15 is 0 Å². The average Bonchev–Trinajstić information content (AvgIpc) is 2.71. The standard InChI is InChI=1S/C10H9NO3S/c1-14-10(13)9-11-8-6(5-12)3-2-4-7(8)15-9/h2-4,12H,5H2,1H3. The first-order valence-corrected chi connectivity index (χ1v) is 5.15. The van der Waals surface area contributed by atoms with Crippen LogP contribution in [0.4, 0.5) is 0 Å². The molecule has 1 aromatic carbocycles. The Kier molecular flexibility index (Phi) is 2.66. The number of aromatic nitrogens is 1. The molecule has 0 bridgehead atoms. The molecule has 0 spiro atoms. The molecule has 1 aromatic heterocycles. The number of esters is 1. The van der Waals surface area contributed by atoms with Gasteiger partial charge in [0.2, 0.25) is 5.01 Å². The maximum atomic E-state index is 11.2. The van der Waals surface area contributed by atoms with Crippen LogP contribution in [-0.2, 0) is 11.3 Å². The van der Waals surface area contributed by atoms with Gasteiger partial charge in [0.15, 0.2) is 0 Å². The van der Waals surface area contributed by atoms with Gasteiger partial charge >= 0.3 is 5.97 Å². The van der Waals surface area contributed by atoms with Crippen molar-refractivity contribution < 1.29 is 14.6 Å². The van der Waals surface area contributed by atoms with Crippen molar-refractivity contribution in [3.63, 3.8) is 0 Å². The Morgan fingerprint density at radius 1 is 1.60 bits per heavy atom. The number of aliphatic hydroxyl groups excluding tert-OH is 1. The van der Waals surface area contributed by atoms with Crippen LogP contribution >= 0.6 is 11.3 Å². The van der Waals surface area contributed by atoms with Crippen molar-refractivity contribution in [1.29, 1.82) is 0 Å². The number of rotatable bonds is 2. The normalized spacial score (nSPS) is 10.5. The molecule has 2 aromatic rings. The predicted molar refractivity (Wildman–Crippen MR) is 56.9 cm³/mol. The van der Waals surface area contributed by atoms with Gasteiger partial charge in [0.1, 0.15) is 0 Å². The van der Waals surface area contributed by atoms with E-state index < -0.39 is 5.97 Å². The van der Waals surface area contributed by atoms with Gasteiger partial charge in [-0.1, -0.05) is 12.1 Å². The zero-order chi connectivity index (χ0) is 10.8. The summed E-state index contributed by atoms with van der Waals surface area (Å²) in [5, 5.41) is 9.40. The van der Waals surface area contributed by atoms with Gasteiger partial charge in [0, 0.05) is 5.56 Å². The van der Waals surface area contributed by atoms with Crippen LogP contribution in [0.1, 0.15) is 15.4 Å². The summed E-state index contributed by atoms with van der Waals surface area (Å²) in [6.07, 6.45) is 0. The third-order valence-corrected chi connectivity index (χ3v) is 3.03. The third-order valence-electron chi connectivity index (χ3n) is 2.03. The average molecular weight is 223 g/mol. The van der Waals surface area contributed by atoms with Crippen LogP contribution in [0, 0.1) is 0 Å². The van der Waals surface area contributed by atoms with Crippen LogP contribution in [0.5, 0.6) is 0 Å². The number of nitrogens with zero attached hydrogens (tertiary/aromatic N) is 1. The lowest BCUT2D eigenvalue weighted by Gasteiger charge is -1.94. The maximum absolute atomic E-state index is 11.2. The highest BCUT2D eigenvalue weighted by atomic mass is 32.1. The Labute approximate surface area is 90.1 Å². The molecule has 0 aliphatic heterocycles. The van der Waals surface area contributed by atoms with E-state index in [1.54, 1.807) is 6.07 Å². The predicted octanol–water partition coefficient (Wildman–Crippen LogP) is 1.58. The molecule has 4 nitrogen and oxygen atoms in total. The fourth-order valence-electron chi connectivity index (χ4n) is 1.31. The van der Waals surface area contributed by atoms with Crippen molar-refractivity contribution in [3.05, 3.63) is 28.8 Å². The molecule has 5 heteroatoms. The first-order chi connectivity index (χ1) is 7.26. The number of para-hydroxylation sites is 1. The molecule has 0 saturated carbocycles. The highest BCUT2D eigenvalue weighted by Crippen LogP contribution is 2.25. The van der Waals surface area contributed by atoms with Crippen LogP contribution in [-0.4, -0.2) is 23.2 Å². The summed E-state index contributed by atoms with van der Waals surface area (Å²) in [6.45, 7) is -0.0817. The summed E-state index contributed by atoms with van der Waals surface area (Å²) < 4.78 is 5.46. The molecule has 78 valence electrons. The number of aliphatic hydroxyl groups is 1. The van der Waals surface area contributed by atoms with E-state index in [9.17, 15) is 4.79 Å². The van der Waals surface area contributed by atoms with Crippen LogP contribution in [0.25, 0.3) is 10.2 Å². The fourth-order valence-corrected chi connectivity index (χ4v) is 2.24. The van der Waals surface area contributed by atoms with Crippen molar-refractivity contribution in [3.8, 4) is 0 Å². The SMILES string of the molecule is COC(=O)c1nc2c(CO)cccc2s1. The van der Waals surface area contributed by atoms with Crippen LogP contribution < -0.4 is 0 Å². The number of hydrogen-bond acceptors (Lipinski definition) is 5. The van der Waals surface area contributed by atoms with Gasteiger partial charge in [-0.2, -0.15) is 0 Å². The van der Waals surface area contributed by atoms with Gasteiger partial charge in [-0.3, -0.25) is 0 Å². The lowest BCUT2D eigenvalue weighted by atomic mass is 10.2. The van der Waals surface area contributed by atoms with Crippen LogP contribution in [0.3, 0.4) is 0 Å². The molecule has 0 saturated heterocycles. The van der Waals surface area contributed by atoms with Gasteiger partial charge in [0.25, 0.3) is 0 Å². The summed E-state index contributed by atoms with van der Waals surface area (Å²) in [5.74, 6) is -0.444. The lowest BCUT2D eigenvalue weighted by Crippen LogP contribution is -1.99. The summed E-state index contributed by atoms with van der Waals surface area (Å²) in [4.78, 5) is 15.4. The lowest BCUT2D eigenvalue weighted by molar-refractivity contribution is 0.0600. The largest absolute Gasteiger partial charge is 0.464 e. The van der Waals surface area contributed by atoms with Crippen molar-refractivity contribution in [2.75, 3.05) is 7.11 Å². The number of benzene rings is 1. The molecule has 0 aliphatic carbocycles. The molecule has 0 fully saturated rings. The molecule has 0 unspecified atom stereocenters. The zero-order valence-corrected chi connectivity index (χ0v) is 8.87. The topological polar surface area (TPSA) is 59.4 Å². The van der Waals surface area contributed by atoms with E-state index in [2.05, 4.69) is 9.72 Å². The van der Waals surface area contributed by atoms with Crippen molar-refractivity contribution in [2.24, 2.45) is 0 Å². The monoisotopic (exact) mass is 223 g/mol. The quantitative estimate of drug-likeness (QED) is 0.785. The second-order valence-corrected chi connectivity index (χ2v) is 3.96. The van der Waals surface area contributed by atoms with Crippen LogP contribution in [0.2, 0.25) is 0 Å². The van der Waals surface area contributed by atoms with Crippen molar-refractivity contribution in [2.45, 2.75) is 6.61 Å². The molecule has 0 aliphatic rings. The summed E-state index contributed by atoms with van der Waals surface area (Å²) >= 11 is 1.26. The molecule has 15 heavy (non-hydrogen) atoms. The Morgan fingerprint density at radius 2 is 2.40 bits per heavy atom. The molecular formula is C10H9NO3S. The van der Waals surface area contributed by atoms with Gasteiger partial charge in [-0.15, -0.1) is 11.3 Å². The number of methoxy groups -OCH3 is 1. The number of hydrogen-bond donors (Lipinski definition) is 1. The maximum Gasteiger partial charge on any atom is 0.367 e. The van der Waals surface area contributed by atoms with Gasteiger partial charge in [-0.25, -0.2) is 9.78 Å². The summed E-state index contributed by atoms with van der Waals surface area (Å²) in [5.41, 5.74) is 1.39. The number of ether oxygens (including phenoxy) is 1. The molecule has 1 heterocycles.